The van der Waals surface area contributed by atoms with E-state index in [1.807, 2.05) is 0 Å². The minimum absolute atomic E-state index is 0.00632. The summed E-state index contributed by atoms with van der Waals surface area (Å²) >= 11 is 0. The van der Waals surface area contributed by atoms with Crippen LogP contribution in [0.1, 0.15) is 53.6 Å². The third kappa shape index (κ3) is 6.14. The standard InChI is InChI=1S/C27H32N4O6/c1-37-16-4-15-28-25(32)21-11-7-19(8-12-21)18-30-26(33)23-5-2-3-6-24(23)29(27(30)34)17-20-9-13-22(14-10-20)31(35)36/h7-14,23-24H,2-6,15-18H2,1H3,(H,28,32). The van der Waals surface area contributed by atoms with Crippen LogP contribution in [0.3, 0.4) is 0 Å². The third-order valence-corrected chi connectivity index (χ3v) is 7.06. The molecule has 1 N–H and O–H groups in total. The van der Waals surface area contributed by atoms with Crippen LogP contribution < -0.4 is 5.32 Å². The molecule has 1 aliphatic carbocycles. The Hall–Kier alpha value is -3.79. The van der Waals surface area contributed by atoms with E-state index in [1.54, 1.807) is 48.4 Å². The van der Waals surface area contributed by atoms with E-state index in [0.717, 1.165) is 43.2 Å². The van der Waals surface area contributed by atoms with Crippen molar-refractivity contribution in [1.82, 2.24) is 15.1 Å². The summed E-state index contributed by atoms with van der Waals surface area (Å²) in [4.78, 5) is 52.9. The normalized spacial score (nSPS) is 19.5. The molecule has 1 saturated heterocycles. The molecular formula is C27H32N4O6. The number of rotatable bonds is 10. The zero-order valence-electron chi connectivity index (χ0n) is 20.9. The molecular weight excluding hydrogens is 476 g/mol. The molecule has 4 rings (SSSR count). The van der Waals surface area contributed by atoms with Crippen LogP contribution in [0.5, 0.6) is 0 Å². The predicted molar refractivity (Wildman–Crippen MR) is 136 cm³/mol. The van der Waals surface area contributed by atoms with Crippen molar-refractivity contribution in [2.45, 2.75) is 51.2 Å². The number of carbonyl (C=O) groups is 3. The Kier molecular flexibility index (Phi) is 8.50. The molecule has 0 aromatic heterocycles. The van der Waals surface area contributed by atoms with E-state index < -0.39 is 4.92 Å². The molecule has 1 heterocycles. The number of ether oxygens (including phenoxy) is 1. The molecule has 1 aliphatic heterocycles. The fourth-order valence-corrected chi connectivity index (χ4v) is 5.08. The summed E-state index contributed by atoms with van der Waals surface area (Å²) in [6, 6.07) is 12.6. The first kappa shape index (κ1) is 26.3. The van der Waals surface area contributed by atoms with E-state index in [1.165, 1.54) is 17.0 Å². The molecule has 2 aliphatic rings. The fraction of sp³-hybridized carbons (Fsp3) is 0.444. The first-order valence-corrected chi connectivity index (χ1v) is 12.6. The smallest absolute Gasteiger partial charge is 0.327 e. The van der Waals surface area contributed by atoms with Crippen LogP contribution in [-0.2, 0) is 22.6 Å². The summed E-state index contributed by atoms with van der Waals surface area (Å²) in [5.41, 5.74) is 2.03. The average molecular weight is 509 g/mol. The van der Waals surface area contributed by atoms with Gasteiger partial charge in [-0.3, -0.25) is 24.6 Å². The van der Waals surface area contributed by atoms with E-state index in [9.17, 15) is 24.5 Å². The monoisotopic (exact) mass is 508 g/mol. The summed E-state index contributed by atoms with van der Waals surface area (Å²) < 4.78 is 4.98. The summed E-state index contributed by atoms with van der Waals surface area (Å²) in [6.07, 6.45) is 4.10. The van der Waals surface area contributed by atoms with Crippen molar-refractivity contribution in [3.8, 4) is 0 Å². The van der Waals surface area contributed by atoms with Gasteiger partial charge < -0.3 is 15.0 Å². The number of urea groups is 1. The highest BCUT2D eigenvalue weighted by molar-refractivity contribution is 5.99. The number of nitro benzene ring substituents is 1. The Bertz CT molecular complexity index is 1130. The van der Waals surface area contributed by atoms with Gasteiger partial charge >= 0.3 is 6.03 Å². The number of carbonyl (C=O) groups excluding carboxylic acids is 3. The second-order valence-corrected chi connectivity index (χ2v) is 9.52. The van der Waals surface area contributed by atoms with Crippen LogP contribution in [-0.4, -0.2) is 58.9 Å². The van der Waals surface area contributed by atoms with Gasteiger partial charge in [-0.25, -0.2) is 4.79 Å². The van der Waals surface area contributed by atoms with E-state index in [4.69, 9.17) is 4.74 Å². The van der Waals surface area contributed by atoms with Crippen molar-refractivity contribution < 1.29 is 24.0 Å². The van der Waals surface area contributed by atoms with Gasteiger partial charge in [0, 0.05) is 50.5 Å². The number of nitrogens with zero attached hydrogens (tertiary/aromatic N) is 3. The highest BCUT2D eigenvalue weighted by Gasteiger charge is 2.46. The molecule has 2 aromatic rings. The van der Waals surface area contributed by atoms with E-state index in [0.29, 0.717) is 18.7 Å². The largest absolute Gasteiger partial charge is 0.385 e. The van der Waals surface area contributed by atoms with Gasteiger partial charge in [0.1, 0.15) is 0 Å². The summed E-state index contributed by atoms with van der Waals surface area (Å²) in [5, 5.41) is 13.8. The molecule has 37 heavy (non-hydrogen) atoms. The molecule has 0 spiro atoms. The summed E-state index contributed by atoms with van der Waals surface area (Å²) in [5.74, 6) is -0.608. The van der Waals surface area contributed by atoms with Gasteiger partial charge in [0.2, 0.25) is 5.91 Å². The van der Waals surface area contributed by atoms with Crippen molar-refractivity contribution in [3.63, 3.8) is 0 Å². The summed E-state index contributed by atoms with van der Waals surface area (Å²) in [7, 11) is 1.61. The van der Waals surface area contributed by atoms with Crippen LogP contribution in [0.2, 0.25) is 0 Å². The molecule has 1 saturated carbocycles. The average Bonchev–Trinajstić information content (AvgIpc) is 2.92. The molecule has 10 heteroatoms. The zero-order valence-corrected chi connectivity index (χ0v) is 20.9. The molecule has 2 unspecified atom stereocenters. The third-order valence-electron chi connectivity index (χ3n) is 7.06. The van der Waals surface area contributed by atoms with Crippen molar-refractivity contribution in [2.24, 2.45) is 5.92 Å². The maximum atomic E-state index is 13.6. The van der Waals surface area contributed by atoms with Crippen molar-refractivity contribution in [3.05, 3.63) is 75.3 Å². The number of amides is 4. The number of methoxy groups -OCH3 is 1. The predicted octanol–water partition coefficient (Wildman–Crippen LogP) is 3.88. The van der Waals surface area contributed by atoms with Gasteiger partial charge in [0.15, 0.2) is 0 Å². The summed E-state index contributed by atoms with van der Waals surface area (Å²) in [6.45, 7) is 1.48. The van der Waals surface area contributed by atoms with E-state index in [2.05, 4.69) is 5.32 Å². The maximum absolute atomic E-state index is 13.6. The number of non-ortho nitro benzene ring substituents is 1. The van der Waals surface area contributed by atoms with Crippen molar-refractivity contribution in [1.29, 1.82) is 0 Å². The van der Waals surface area contributed by atoms with Crippen LogP contribution in [0.15, 0.2) is 48.5 Å². The van der Waals surface area contributed by atoms with Crippen molar-refractivity contribution in [2.75, 3.05) is 20.3 Å². The number of nitro groups is 1. The van der Waals surface area contributed by atoms with E-state index in [-0.39, 0.29) is 48.6 Å². The minimum Gasteiger partial charge on any atom is -0.385 e. The van der Waals surface area contributed by atoms with E-state index >= 15 is 0 Å². The molecule has 4 amide bonds. The van der Waals surface area contributed by atoms with Gasteiger partial charge in [-0.05, 0) is 42.5 Å². The number of benzene rings is 2. The molecule has 196 valence electrons. The number of imide groups is 1. The first-order valence-electron chi connectivity index (χ1n) is 12.6. The van der Waals surface area contributed by atoms with Gasteiger partial charge in [-0.15, -0.1) is 0 Å². The SMILES string of the molecule is COCCCNC(=O)c1ccc(CN2C(=O)C3CCCCC3N(Cc3ccc([N+](=O)[O-])cc3)C2=O)cc1. The second kappa shape index (κ2) is 12.0. The Morgan fingerprint density at radius 3 is 2.35 bits per heavy atom. The Morgan fingerprint density at radius 2 is 1.68 bits per heavy atom. The lowest BCUT2D eigenvalue weighted by Crippen LogP contribution is -2.61. The minimum atomic E-state index is -0.455. The molecule has 2 atom stereocenters. The first-order chi connectivity index (χ1) is 17.9. The lowest BCUT2D eigenvalue weighted by Gasteiger charge is -2.47. The number of fused-ring (bicyclic) bond motifs is 1. The van der Waals surface area contributed by atoms with Crippen LogP contribution in [0.4, 0.5) is 10.5 Å². The lowest BCUT2D eigenvalue weighted by molar-refractivity contribution is -0.384. The van der Waals surface area contributed by atoms with Crippen molar-refractivity contribution >= 4 is 23.5 Å². The fourth-order valence-electron chi connectivity index (χ4n) is 5.08. The second-order valence-electron chi connectivity index (χ2n) is 9.52. The van der Waals surface area contributed by atoms with Gasteiger partial charge in [-0.2, -0.15) is 0 Å². The van der Waals surface area contributed by atoms with Crippen LogP contribution >= 0.6 is 0 Å². The molecule has 10 nitrogen and oxygen atoms in total. The quantitative estimate of drug-likeness (QED) is 0.295. The van der Waals surface area contributed by atoms with Gasteiger partial charge in [-0.1, -0.05) is 37.1 Å². The number of nitrogens with one attached hydrogen (secondary N) is 1. The number of hydrogen-bond donors (Lipinski definition) is 1. The van der Waals surface area contributed by atoms with Gasteiger partial charge in [0.25, 0.3) is 11.6 Å². The molecule has 0 bridgehead atoms. The lowest BCUT2D eigenvalue weighted by atomic mass is 9.81. The van der Waals surface area contributed by atoms with Crippen LogP contribution in [0.25, 0.3) is 0 Å². The maximum Gasteiger partial charge on any atom is 0.327 e. The Morgan fingerprint density at radius 1 is 1.03 bits per heavy atom. The Balaban J connectivity index is 1.47. The highest BCUT2D eigenvalue weighted by atomic mass is 16.6. The topological polar surface area (TPSA) is 122 Å². The molecule has 0 radical (unpaired) electrons. The zero-order chi connectivity index (χ0) is 26.4. The van der Waals surface area contributed by atoms with Gasteiger partial charge in [0.05, 0.1) is 17.4 Å². The highest BCUT2D eigenvalue weighted by Crippen LogP contribution is 2.36. The molecule has 2 fully saturated rings. The Labute approximate surface area is 215 Å². The number of hydrogen-bond acceptors (Lipinski definition) is 6. The molecule has 2 aromatic carbocycles. The van der Waals surface area contributed by atoms with Crippen LogP contribution in [0, 0.1) is 16.0 Å².